The second-order valence-corrected chi connectivity index (χ2v) is 6.15. The molecule has 0 spiro atoms. The number of nitrogens with zero attached hydrogens (tertiary/aromatic N) is 1. The van der Waals surface area contributed by atoms with E-state index in [0.717, 1.165) is 0 Å². The summed E-state index contributed by atoms with van der Waals surface area (Å²) in [4.78, 5) is 25.4. The maximum absolute atomic E-state index is 12.2. The predicted molar refractivity (Wildman–Crippen MR) is 83.0 cm³/mol. The number of hydrogen-bond acceptors (Lipinski definition) is 3. The van der Waals surface area contributed by atoms with Gasteiger partial charge in [0.05, 0.1) is 5.41 Å². The van der Waals surface area contributed by atoms with Crippen molar-refractivity contribution in [2.24, 2.45) is 0 Å². The molecule has 0 aromatic heterocycles. The maximum atomic E-state index is 12.2. The fourth-order valence-corrected chi connectivity index (χ4v) is 3.04. The molecule has 138 valence electrons. The van der Waals surface area contributed by atoms with Gasteiger partial charge in [-0.05, 0) is 25.3 Å². The SMILES string of the molecule is C[C@@H](OCC(F)(F)F)C(=O)N1CCC(C(=O)O)(c2ccccc2)CC1. The summed E-state index contributed by atoms with van der Waals surface area (Å²) in [5.41, 5.74) is -0.426. The highest BCUT2D eigenvalue weighted by molar-refractivity contribution is 5.84. The Balaban J connectivity index is 2.02. The van der Waals surface area contributed by atoms with Crippen molar-refractivity contribution < 1.29 is 32.6 Å². The molecule has 0 saturated carbocycles. The number of carboxylic acid groups (broad SMARTS) is 1. The molecular formula is C17H20F3NO4. The lowest BCUT2D eigenvalue weighted by molar-refractivity contribution is -0.189. The van der Waals surface area contributed by atoms with E-state index in [2.05, 4.69) is 4.74 Å². The van der Waals surface area contributed by atoms with Gasteiger partial charge in [-0.3, -0.25) is 9.59 Å². The number of halogens is 3. The molecule has 0 radical (unpaired) electrons. The fraction of sp³-hybridized carbons (Fsp3) is 0.529. The summed E-state index contributed by atoms with van der Waals surface area (Å²) in [5, 5.41) is 9.70. The summed E-state index contributed by atoms with van der Waals surface area (Å²) >= 11 is 0. The van der Waals surface area contributed by atoms with Crippen LogP contribution >= 0.6 is 0 Å². The first-order valence-electron chi connectivity index (χ1n) is 7.92. The fourth-order valence-electron chi connectivity index (χ4n) is 3.04. The van der Waals surface area contributed by atoms with E-state index in [-0.39, 0.29) is 25.9 Å². The number of likely N-dealkylation sites (tertiary alicyclic amines) is 1. The molecule has 25 heavy (non-hydrogen) atoms. The molecule has 1 aliphatic heterocycles. The minimum atomic E-state index is -4.50. The minimum Gasteiger partial charge on any atom is -0.481 e. The highest BCUT2D eigenvalue weighted by Crippen LogP contribution is 2.36. The molecule has 1 amide bonds. The van der Waals surface area contributed by atoms with Crippen LogP contribution in [0.2, 0.25) is 0 Å². The number of aliphatic carboxylic acids is 1. The number of piperidine rings is 1. The van der Waals surface area contributed by atoms with E-state index in [1.54, 1.807) is 30.3 Å². The first kappa shape index (κ1) is 19.2. The standard InChI is InChI=1S/C17H20F3NO4/c1-12(25-11-17(18,19)20)14(22)21-9-7-16(8-10-21,15(23)24)13-5-3-2-4-6-13/h2-6,12H,7-11H2,1H3,(H,23,24)/t12-/m1/s1. The Morgan fingerprint density at radius 3 is 2.28 bits per heavy atom. The summed E-state index contributed by atoms with van der Waals surface area (Å²) in [6.45, 7) is 0.0840. The van der Waals surface area contributed by atoms with Gasteiger partial charge in [-0.2, -0.15) is 13.2 Å². The van der Waals surface area contributed by atoms with Crippen LogP contribution in [0.25, 0.3) is 0 Å². The molecule has 1 aromatic rings. The number of ether oxygens (including phenoxy) is 1. The summed E-state index contributed by atoms with van der Waals surface area (Å²) in [5.74, 6) is -1.52. The average molecular weight is 359 g/mol. The molecule has 1 atom stereocenters. The van der Waals surface area contributed by atoms with Crippen LogP contribution < -0.4 is 0 Å². The highest BCUT2D eigenvalue weighted by atomic mass is 19.4. The molecule has 5 nitrogen and oxygen atoms in total. The predicted octanol–water partition coefficient (Wildman–Crippen LogP) is 2.60. The zero-order valence-electron chi connectivity index (χ0n) is 13.8. The van der Waals surface area contributed by atoms with Gasteiger partial charge in [0, 0.05) is 13.1 Å². The Morgan fingerprint density at radius 1 is 1.24 bits per heavy atom. The van der Waals surface area contributed by atoms with Crippen LogP contribution in [0.15, 0.2) is 30.3 Å². The Kier molecular flexibility index (Phi) is 5.72. The average Bonchev–Trinajstić information content (AvgIpc) is 2.59. The van der Waals surface area contributed by atoms with Crippen LogP contribution in [0.5, 0.6) is 0 Å². The lowest BCUT2D eigenvalue weighted by Crippen LogP contribution is -2.51. The third-order valence-corrected chi connectivity index (χ3v) is 4.51. The second kappa shape index (κ2) is 7.43. The lowest BCUT2D eigenvalue weighted by Gasteiger charge is -2.40. The van der Waals surface area contributed by atoms with Crippen LogP contribution in [-0.2, 0) is 19.7 Å². The van der Waals surface area contributed by atoms with Gasteiger partial charge in [-0.25, -0.2) is 0 Å². The number of benzene rings is 1. The molecule has 2 rings (SSSR count). The van der Waals surface area contributed by atoms with E-state index in [0.29, 0.717) is 5.56 Å². The van der Waals surface area contributed by atoms with Gasteiger partial charge in [0.15, 0.2) is 0 Å². The number of carbonyl (C=O) groups excluding carboxylic acids is 1. The topological polar surface area (TPSA) is 66.8 Å². The van der Waals surface area contributed by atoms with Crippen LogP contribution in [0.3, 0.4) is 0 Å². The van der Waals surface area contributed by atoms with Gasteiger partial charge < -0.3 is 14.7 Å². The van der Waals surface area contributed by atoms with Gasteiger partial charge in [0.1, 0.15) is 12.7 Å². The van der Waals surface area contributed by atoms with Crippen molar-refractivity contribution in [2.75, 3.05) is 19.7 Å². The van der Waals surface area contributed by atoms with Gasteiger partial charge in [0.25, 0.3) is 5.91 Å². The minimum absolute atomic E-state index is 0.153. The number of hydrogen-bond donors (Lipinski definition) is 1. The molecule has 1 N–H and O–H groups in total. The van der Waals surface area contributed by atoms with Crippen LogP contribution in [-0.4, -0.2) is 53.9 Å². The summed E-state index contributed by atoms with van der Waals surface area (Å²) in [6.07, 6.45) is -5.33. The quantitative estimate of drug-likeness (QED) is 0.878. The third-order valence-electron chi connectivity index (χ3n) is 4.51. The van der Waals surface area contributed by atoms with Gasteiger partial charge in [-0.15, -0.1) is 0 Å². The third kappa shape index (κ3) is 4.50. The molecule has 1 aliphatic rings. The summed E-state index contributed by atoms with van der Waals surface area (Å²) in [7, 11) is 0. The summed E-state index contributed by atoms with van der Waals surface area (Å²) in [6, 6.07) is 8.77. The summed E-state index contributed by atoms with van der Waals surface area (Å²) < 4.78 is 41.1. The van der Waals surface area contributed by atoms with Crippen molar-refractivity contribution in [2.45, 2.75) is 37.5 Å². The number of carbonyl (C=O) groups is 2. The van der Waals surface area contributed by atoms with Gasteiger partial charge >= 0.3 is 12.1 Å². The molecule has 0 aliphatic carbocycles. The molecule has 1 saturated heterocycles. The Hall–Kier alpha value is -2.09. The molecule has 1 fully saturated rings. The van der Waals surface area contributed by atoms with Crippen molar-refractivity contribution in [1.82, 2.24) is 4.90 Å². The maximum Gasteiger partial charge on any atom is 0.411 e. The smallest absolute Gasteiger partial charge is 0.411 e. The first-order valence-corrected chi connectivity index (χ1v) is 7.92. The van der Waals surface area contributed by atoms with Crippen molar-refractivity contribution >= 4 is 11.9 Å². The van der Waals surface area contributed by atoms with E-state index in [4.69, 9.17) is 0 Å². The van der Waals surface area contributed by atoms with Crippen LogP contribution in [0.1, 0.15) is 25.3 Å². The van der Waals surface area contributed by atoms with Crippen molar-refractivity contribution in [1.29, 1.82) is 0 Å². The molecule has 0 unspecified atom stereocenters. The van der Waals surface area contributed by atoms with Gasteiger partial charge in [-0.1, -0.05) is 30.3 Å². The zero-order chi connectivity index (χ0) is 18.7. The van der Waals surface area contributed by atoms with Crippen LogP contribution in [0, 0.1) is 0 Å². The number of rotatable bonds is 5. The largest absolute Gasteiger partial charge is 0.481 e. The molecular weight excluding hydrogens is 339 g/mol. The second-order valence-electron chi connectivity index (χ2n) is 6.15. The Morgan fingerprint density at radius 2 is 1.80 bits per heavy atom. The number of carboxylic acids is 1. The van der Waals surface area contributed by atoms with Crippen molar-refractivity contribution in [3.63, 3.8) is 0 Å². The van der Waals surface area contributed by atoms with E-state index < -0.39 is 36.2 Å². The normalized spacial score (nSPS) is 18.6. The zero-order valence-corrected chi connectivity index (χ0v) is 13.8. The lowest BCUT2D eigenvalue weighted by atomic mass is 9.73. The van der Waals surface area contributed by atoms with Crippen LogP contribution in [0.4, 0.5) is 13.2 Å². The Bertz CT molecular complexity index is 610. The molecule has 1 heterocycles. The molecule has 0 bridgehead atoms. The monoisotopic (exact) mass is 359 g/mol. The van der Waals surface area contributed by atoms with E-state index in [1.165, 1.54) is 11.8 Å². The van der Waals surface area contributed by atoms with E-state index >= 15 is 0 Å². The van der Waals surface area contributed by atoms with Crippen molar-refractivity contribution in [3.8, 4) is 0 Å². The van der Waals surface area contributed by atoms with Gasteiger partial charge in [0.2, 0.25) is 0 Å². The Labute approximate surface area is 143 Å². The molecule has 8 heteroatoms. The number of alkyl halides is 3. The highest BCUT2D eigenvalue weighted by Gasteiger charge is 2.44. The molecule has 1 aromatic carbocycles. The van der Waals surface area contributed by atoms with E-state index in [9.17, 15) is 27.9 Å². The van der Waals surface area contributed by atoms with Crippen molar-refractivity contribution in [3.05, 3.63) is 35.9 Å². The number of amides is 1. The van der Waals surface area contributed by atoms with E-state index in [1.807, 2.05) is 0 Å². The first-order chi connectivity index (χ1) is 11.7.